The summed E-state index contributed by atoms with van der Waals surface area (Å²) in [7, 11) is 0. The van der Waals surface area contributed by atoms with E-state index in [1.54, 1.807) is 12.1 Å². The molecule has 0 bridgehead atoms. The Kier molecular flexibility index (Phi) is 4.62. The Bertz CT molecular complexity index is 881. The first-order chi connectivity index (χ1) is 11.6. The van der Waals surface area contributed by atoms with Crippen LogP contribution < -0.4 is 5.32 Å². The lowest BCUT2D eigenvalue weighted by molar-refractivity contribution is -0.137. The first-order valence-corrected chi connectivity index (χ1v) is 7.98. The molecule has 1 atom stereocenters. The predicted octanol–water partition coefficient (Wildman–Crippen LogP) is 4.23. The highest BCUT2D eigenvalue weighted by Crippen LogP contribution is 2.26. The molecule has 2 N–H and O–H groups in total. The normalized spacial score (nSPS) is 12.1. The van der Waals surface area contributed by atoms with Crippen LogP contribution in [0.4, 0.5) is 5.82 Å². The maximum Gasteiger partial charge on any atom is 0.326 e. The minimum absolute atomic E-state index is 0.448. The van der Waals surface area contributed by atoms with Crippen LogP contribution in [0.1, 0.15) is 13.3 Å². The molecule has 0 fully saturated rings. The van der Waals surface area contributed by atoms with E-state index in [1.807, 2.05) is 43.3 Å². The standard InChI is InChI=1S/C18H16ClN3O2/c1-2-14(18(23)24)20-17-13-5-3-4-6-15(13)21-16(22-17)11-7-9-12(19)10-8-11/h3-10,14H,2H2,1H3,(H,23,24)(H,20,21,22)/t14-/m0/s1. The van der Waals surface area contributed by atoms with Crippen molar-refractivity contribution in [3.05, 3.63) is 53.6 Å². The van der Waals surface area contributed by atoms with Gasteiger partial charge in [0.15, 0.2) is 5.82 Å². The smallest absolute Gasteiger partial charge is 0.326 e. The van der Waals surface area contributed by atoms with Gasteiger partial charge in [0.25, 0.3) is 0 Å². The molecule has 1 aromatic heterocycles. The number of hydrogen-bond acceptors (Lipinski definition) is 4. The summed E-state index contributed by atoms with van der Waals surface area (Å²) < 4.78 is 0. The number of anilines is 1. The summed E-state index contributed by atoms with van der Waals surface area (Å²) in [4.78, 5) is 20.5. The first kappa shape index (κ1) is 16.2. The zero-order valence-corrected chi connectivity index (χ0v) is 13.8. The van der Waals surface area contributed by atoms with Crippen LogP contribution in [-0.2, 0) is 4.79 Å². The molecule has 0 aliphatic heterocycles. The molecule has 0 radical (unpaired) electrons. The topological polar surface area (TPSA) is 75.1 Å². The van der Waals surface area contributed by atoms with Crippen molar-refractivity contribution in [2.75, 3.05) is 5.32 Å². The van der Waals surface area contributed by atoms with Gasteiger partial charge in [-0.05, 0) is 42.8 Å². The number of fused-ring (bicyclic) bond motifs is 1. The van der Waals surface area contributed by atoms with Crippen LogP contribution >= 0.6 is 11.6 Å². The molecule has 0 spiro atoms. The number of para-hydroxylation sites is 1. The molecule has 3 rings (SSSR count). The van der Waals surface area contributed by atoms with Crippen LogP contribution in [0, 0.1) is 0 Å². The molecule has 2 aromatic carbocycles. The first-order valence-electron chi connectivity index (χ1n) is 7.60. The van der Waals surface area contributed by atoms with E-state index in [4.69, 9.17) is 11.6 Å². The Morgan fingerprint density at radius 2 is 1.88 bits per heavy atom. The van der Waals surface area contributed by atoms with E-state index < -0.39 is 12.0 Å². The van der Waals surface area contributed by atoms with Crippen molar-refractivity contribution in [1.29, 1.82) is 0 Å². The fourth-order valence-corrected chi connectivity index (χ4v) is 2.54. The SMILES string of the molecule is CC[C@H](Nc1nc(-c2ccc(Cl)cc2)nc2ccccc12)C(=O)O. The zero-order chi connectivity index (χ0) is 17.1. The molecule has 0 amide bonds. The van der Waals surface area contributed by atoms with Crippen molar-refractivity contribution < 1.29 is 9.90 Å². The number of halogens is 1. The maximum atomic E-state index is 11.3. The van der Waals surface area contributed by atoms with Gasteiger partial charge in [-0.2, -0.15) is 0 Å². The van der Waals surface area contributed by atoms with E-state index in [1.165, 1.54) is 0 Å². The Balaban J connectivity index is 2.12. The van der Waals surface area contributed by atoms with E-state index in [2.05, 4.69) is 15.3 Å². The number of aromatic nitrogens is 2. The Morgan fingerprint density at radius 1 is 1.17 bits per heavy atom. The number of carboxylic acid groups (broad SMARTS) is 1. The Hall–Kier alpha value is -2.66. The third kappa shape index (κ3) is 3.31. The van der Waals surface area contributed by atoms with E-state index in [9.17, 15) is 9.90 Å². The van der Waals surface area contributed by atoms with Crippen LogP contribution in [0.25, 0.3) is 22.3 Å². The molecule has 24 heavy (non-hydrogen) atoms. The zero-order valence-electron chi connectivity index (χ0n) is 13.0. The Morgan fingerprint density at radius 3 is 2.54 bits per heavy atom. The lowest BCUT2D eigenvalue weighted by Crippen LogP contribution is -2.28. The average molecular weight is 342 g/mol. The van der Waals surface area contributed by atoms with Crippen LogP contribution in [0.2, 0.25) is 5.02 Å². The van der Waals surface area contributed by atoms with Gasteiger partial charge in [-0.3, -0.25) is 0 Å². The minimum atomic E-state index is -0.909. The van der Waals surface area contributed by atoms with Gasteiger partial charge in [0.2, 0.25) is 0 Å². The molecule has 5 nitrogen and oxygen atoms in total. The van der Waals surface area contributed by atoms with Gasteiger partial charge < -0.3 is 10.4 Å². The molecule has 3 aromatic rings. The third-order valence-electron chi connectivity index (χ3n) is 3.72. The molecular formula is C18H16ClN3O2. The number of carboxylic acids is 1. The van der Waals surface area contributed by atoms with Crippen LogP contribution in [0.5, 0.6) is 0 Å². The van der Waals surface area contributed by atoms with Crippen molar-refractivity contribution in [1.82, 2.24) is 9.97 Å². The second-order valence-electron chi connectivity index (χ2n) is 5.36. The number of nitrogens with one attached hydrogen (secondary N) is 1. The van der Waals surface area contributed by atoms with Gasteiger partial charge in [0, 0.05) is 16.0 Å². The monoisotopic (exact) mass is 341 g/mol. The summed E-state index contributed by atoms with van der Waals surface area (Å²) in [6.07, 6.45) is 0.448. The van der Waals surface area contributed by atoms with Crippen molar-refractivity contribution in [2.45, 2.75) is 19.4 Å². The van der Waals surface area contributed by atoms with Crippen molar-refractivity contribution in [3.63, 3.8) is 0 Å². The van der Waals surface area contributed by atoms with Gasteiger partial charge >= 0.3 is 5.97 Å². The number of benzene rings is 2. The van der Waals surface area contributed by atoms with E-state index >= 15 is 0 Å². The highest BCUT2D eigenvalue weighted by atomic mass is 35.5. The molecule has 0 aliphatic rings. The van der Waals surface area contributed by atoms with Crippen molar-refractivity contribution in [3.8, 4) is 11.4 Å². The number of rotatable bonds is 5. The molecule has 0 unspecified atom stereocenters. The second kappa shape index (κ2) is 6.84. The summed E-state index contributed by atoms with van der Waals surface area (Å²) in [6.45, 7) is 1.81. The van der Waals surface area contributed by atoms with Crippen molar-refractivity contribution in [2.24, 2.45) is 0 Å². The molecule has 6 heteroatoms. The summed E-state index contributed by atoms with van der Waals surface area (Å²) in [5, 5.41) is 13.7. The number of aliphatic carboxylic acids is 1. The van der Waals surface area contributed by atoms with Gasteiger partial charge in [-0.15, -0.1) is 0 Å². The van der Waals surface area contributed by atoms with Crippen LogP contribution in [0.15, 0.2) is 48.5 Å². The van der Waals surface area contributed by atoms with Crippen LogP contribution in [-0.4, -0.2) is 27.1 Å². The van der Waals surface area contributed by atoms with E-state index in [-0.39, 0.29) is 0 Å². The number of hydrogen-bond donors (Lipinski definition) is 2. The molecule has 0 aliphatic carbocycles. The molecular weight excluding hydrogens is 326 g/mol. The van der Waals surface area contributed by atoms with E-state index in [0.29, 0.717) is 23.1 Å². The average Bonchev–Trinajstić information content (AvgIpc) is 2.59. The summed E-state index contributed by atoms with van der Waals surface area (Å²) in [6, 6.07) is 14.0. The lowest BCUT2D eigenvalue weighted by Gasteiger charge is -2.15. The largest absolute Gasteiger partial charge is 0.480 e. The van der Waals surface area contributed by atoms with E-state index in [0.717, 1.165) is 16.5 Å². The van der Waals surface area contributed by atoms with Gasteiger partial charge in [-0.1, -0.05) is 30.7 Å². The number of nitrogens with zero attached hydrogens (tertiary/aromatic N) is 2. The van der Waals surface area contributed by atoms with Crippen LogP contribution in [0.3, 0.4) is 0 Å². The van der Waals surface area contributed by atoms with Gasteiger partial charge in [0.05, 0.1) is 5.52 Å². The lowest BCUT2D eigenvalue weighted by atomic mass is 10.1. The molecule has 0 saturated carbocycles. The third-order valence-corrected chi connectivity index (χ3v) is 3.97. The summed E-state index contributed by atoms with van der Waals surface area (Å²) in [5.74, 6) is 0.126. The highest BCUT2D eigenvalue weighted by molar-refractivity contribution is 6.30. The van der Waals surface area contributed by atoms with Gasteiger partial charge in [0.1, 0.15) is 11.9 Å². The fraction of sp³-hybridized carbons (Fsp3) is 0.167. The quantitative estimate of drug-likeness (QED) is 0.726. The minimum Gasteiger partial charge on any atom is -0.480 e. The summed E-state index contributed by atoms with van der Waals surface area (Å²) in [5.41, 5.74) is 1.57. The number of carbonyl (C=O) groups is 1. The summed E-state index contributed by atoms with van der Waals surface area (Å²) >= 11 is 5.93. The van der Waals surface area contributed by atoms with Crippen molar-refractivity contribution >= 4 is 34.3 Å². The fourth-order valence-electron chi connectivity index (χ4n) is 2.42. The molecule has 0 saturated heterocycles. The predicted molar refractivity (Wildman–Crippen MR) is 95.3 cm³/mol. The Labute approximate surface area is 144 Å². The van der Waals surface area contributed by atoms with Gasteiger partial charge in [-0.25, -0.2) is 14.8 Å². The molecule has 1 heterocycles. The maximum absolute atomic E-state index is 11.3. The highest BCUT2D eigenvalue weighted by Gasteiger charge is 2.18. The second-order valence-corrected chi connectivity index (χ2v) is 5.80. The molecule has 122 valence electrons.